The van der Waals surface area contributed by atoms with E-state index in [9.17, 15) is 24.9 Å². The zero-order chi connectivity index (χ0) is 69.0. The van der Waals surface area contributed by atoms with Gasteiger partial charge in [0.25, 0.3) is 17.7 Å². The highest BCUT2D eigenvalue weighted by Gasteiger charge is 2.61. The smallest absolute Gasteiger partial charge is 0.484 e. The molecule has 6 atom stereocenters. The molecule has 23 nitrogen and oxygen atoms in total. The van der Waals surface area contributed by atoms with Crippen LogP contribution in [0.3, 0.4) is 0 Å². The molecule has 6 aromatic carbocycles. The van der Waals surface area contributed by atoms with Gasteiger partial charge in [-0.25, -0.2) is 19.8 Å². The number of aliphatic imine (C=N–C) groups is 3. The molecule has 3 amide bonds. The summed E-state index contributed by atoms with van der Waals surface area (Å²) < 4.78 is 37.3. The normalized spacial score (nSPS) is 26.0. The second-order valence-electron chi connectivity index (χ2n) is 26.3. The molecular weight excluding hydrogens is 1310 g/mol. The molecular formula is C73H78BBrN12O11. The van der Waals surface area contributed by atoms with Crippen LogP contribution >= 0.6 is 15.9 Å². The molecule has 0 aliphatic carbocycles. The number of nitrogens with two attached hydrogens (primary N) is 3. The molecule has 0 radical (unpaired) electrons. The first-order valence-electron chi connectivity index (χ1n) is 32.0. The summed E-state index contributed by atoms with van der Waals surface area (Å²) in [5.74, 6) is 2.20. The van der Waals surface area contributed by atoms with Crippen molar-refractivity contribution in [3.8, 4) is 51.6 Å². The summed E-state index contributed by atoms with van der Waals surface area (Å²) >= 11 is 3.47. The maximum Gasteiger partial charge on any atom is 0.487 e. The second kappa shape index (κ2) is 27.0. The second-order valence-corrected chi connectivity index (χ2v) is 27.2. The summed E-state index contributed by atoms with van der Waals surface area (Å²) in [5, 5.41) is 36.4. The third kappa shape index (κ3) is 12.5. The van der Waals surface area contributed by atoms with Gasteiger partial charge in [0.15, 0.2) is 40.2 Å². The van der Waals surface area contributed by atoms with Gasteiger partial charge in [-0.15, -0.1) is 0 Å². The van der Waals surface area contributed by atoms with Crippen LogP contribution in [0, 0.1) is 50.0 Å². The van der Waals surface area contributed by atoms with Gasteiger partial charge in [-0.3, -0.25) is 29.1 Å². The number of nitriles is 2. The third-order valence-electron chi connectivity index (χ3n) is 19.8. The van der Waals surface area contributed by atoms with Crippen molar-refractivity contribution in [1.29, 1.82) is 10.5 Å². The summed E-state index contributed by atoms with van der Waals surface area (Å²) in [4.78, 5) is 61.4. The minimum Gasteiger partial charge on any atom is -0.484 e. The van der Waals surface area contributed by atoms with Crippen molar-refractivity contribution in [2.24, 2.45) is 32.2 Å². The summed E-state index contributed by atoms with van der Waals surface area (Å²) in [6.07, 6.45) is 6.31. The fourth-order valence-electron chi connectivity index (χ4n) is 14.7. The molecule has 6 aromatic rings. The molecule has 9 aliphatic heterocycles. The Morgan fingerprint density at radius 3 is 1.23 bits per heavy atom. The average Bonchev–Trinajstić information content (AvgIpc) is 1.44. The Bertz CT molecular complexity index is 4250. The van der Waals surface area contributed by atoms with Crippen LogP contribution in [-0.2, 0) is 45.2 Å². The topological polar surface area (TPSA) is 324 Å². The minimum absolute atomic E-state index is 0. The van der Waals surface area contributed by atoms with Gasteiger partial charge in [-0.05, 0) is 165 Å². The highest BCUT2D eigenvalue weighted by molar-refractivity contribution is 9.10. The van der Waals surface area contributed by atoms with E-state index in [1.807, 2.05) is 92.7 Å². The molecule has 0 aromatic heterocycles. The van der Waals surface area contributed by atoms with Crippen molar-refractivity contribution in [2.45, 2.75) is 119 Å². The van der Waals surface area contributed by atoms with Gasteiger partial charge in [-0.2, -0.15) is 10.5 Å². The number of ether oxygens (including phenoxy) is 6. The van der Waals surface area contributed by atoms with Crippen molar-refractivity contribution in [3.05, 3.63) is 170 Å². The number of rotatable bonds is 3. The molecule has 3 fully saturated rings. The number of fused-ring (bicyclic) bond motifs is 6. The SMILES string of the molecule is C.CN1C(=O)C2(CC3(CCCOC3)Oc3ccc(Br)cc32)N=C1N.Cc1ccc(C#N)cc1-c1ccc2c(c1)[C@]1(C[C@@]3(CCCOC3)O2)N=C(N)N(C)C1=O.Cc1ccc(C#N)cc1-c1ccc2c(c1)[C@]1(C[C@]3(CCCOC3)O2)N=C(N)N(C)C1=O.[C-]#[N+]c1ccc(C)c(B(O)O)c1. The molecule has 25 heteroatoms. The quantitative estimate of drug-likeness (QED) is 0.0821. The van der Waals surface area contributed by atoms with Crippen LogP contribution in [-0.4, -0.2) is 145 Å². The van der Waals surface area contributed by atoms with Crippen molar-refractivity contribution in [2.75, 3.05) is 60.8 Å². The van der Waals surface area contributed by atoms with Crippen LogP contribution in [0.25, 0.3) is 27.1 Å². The van der Waals surface area contributed by atoms with Gasteiger partial charge in [0.05, 0.1) is 49.7 Å². The minimum atomic E-state index is -1.49. The van der Waals surface area contributed by atoms with E-state index < -0.39 is 40.5 Å². The Kier molecular flexibility index (Phi) is 19.2. The first kappa shape index (κ1) is 69.7. The molecule has 506 valence electrons. The number of benzene rings is 6. The standard InChI is InChI=1S/2C24H24N4O3.C16H18BrN3O3.C8H8BNO2.CH4/c2*1-15-4-5-16(12-25)10-18(15)17-6-7-20-19(11-17)24(21(29)28(2)22(26)27-24)13-23(31-20)8-3-9-30-14-23;1-20-13(21)16(19-14(20)18)8-15(5-2-6-22-9-15)23-12-4-3-10(17)7-11(12)16;1-6-3-4-7(10-2)5-8(6)9(11)12;/h2*4-7,10-11H,3,8-9,13-14H2,1-2H3,(H2,26,27);3-4,7H,2,5-6,8-9H2,1H3,(H2,18,19);3-5,11-12H,1H3;1H4/t23-,24+;23-,24-;;;/m10.../s1. The average molecular weight is 1390 g/mol. The molecule has 9 aliphatic rings. The first-order valence-corrected chi connectivity index (χ1v) is 32.8. The van der Waals surface area contributed by atoms with Gasteiger partial charge in [0.2, 0.25) is 0 Å². The molecule has 0 saturated carbocycles. The van der Waals surface area contributed by atoms with Crippen LogP contribution < -0.4 is 36.9 Å². The van der Waals surface area contributed by atoms with Gasteiger partial charge >= 0.3 is 7.12 Å². The van der Waals surface area contributed by atoms with Crippen LogP contribution in [0.4, 0.5) is 5.69 Å². The molecule has 15 rings (SSSR count). The third-order valence-corrected chi connectivity index (χ3v) is 20.3. The van der Waals surface area contributed by atoms with Crippen LogP contribution in [0.15, 0.2) is 129 Å². The number of hydrogen-bond donors (Lipinski definition) is 5. The van der Waals surface area contributed by atoms with Crippen molar-refractivity contribution < 1.29 is 52.9 Å². The molecule has 0 bridgehead atoms. The molecule has 9 heterocycles. The monoisotopic (exact) mass is 1390 g/mol. The van der Waals surface area contributed by atoms with Gasteiger partial charge in [0, 0.05) is 81.4 Å². The predicted octanol–water partition coefficient (Wildman–Crippen LogP) is 8.32. The van der Waals surface area contributed by atoms with E-state index in [2.05, 4.69) is 37.9 Å². The highest BCUT2D eigenvalue weighted by Crippen LogP contribution is 2.55. The number of carbonyl (C=O) groups excluding carboxylic acids is 3. The summed E-state index contributed by atoms with van der Waals surface area (Å²) in [6, 6.07) is 37.8. The lowest BCUT2D eigenvalue weighted by atomic mass is 9.73. The largest absolute Gasteiger partial charge is 0.487 e. The Balaban J connectivity index is 0.000000138. The Hall–Kier alpha value is -9.65. The molecule has 98 heavy (non-hydrogen) atoms. The number of amides is 3. The number of likely N-dealkylation sites (N-methyl/N-ethyl adjacent to an activating group) is 3. The first-order chi connectivity index (χ1) is 46.3. The fraction of sp³-hybridized carbons (Fsp3) is 0.384. The molecule has 8 N–H and O–H groups in total. The molecule has 6 spiro atoms. The number of hydrogen-bond acceptors (Lipinski definition) is 19. The van der Waals surface area contributed by atoms with Crippen LogP contribution in [0.5, 0.6) is 17.2 Å². The predicted molar refractivity (Wildman–Crippen MR) is 373 cm³/mol. The number of guanidine groups is 3. The number of aryl methyl sites for hydroxylation is 3. The van der Waals surface area contributed by atoms with E-state index in [0.717, 1.165) is 94.1 Å². The maximum atomic E-state index is 13.5. The number of carbonyl (C=O) groups is 3. The lowest BCUT2D eigenvalue weighted by molar-refractivity contribution is -0.139. The zero-order valence-electron chi connectivity index (χ0n) is 54.8. The lowest BCUT2D eigenvalue weighted by Crippen LogP contribution is -2.55. The Labute approximate surface area is 578 Å². The van der Waals surface area contributed by atoms with Crippen molar-refractivity contribution in [1.82, 2.24) is 14.7 Å². The summed E-state index contributed by atoms with van der Waals surface area (Å²) in [5.41, 5.74) is 23.9. The molecule has 3 saturated heterocycles. The lowest BCUT2D eigenvalue weighted by Gasteiger charge is -2.46. The van der Waals surface area contributed by atoms with Crippen molar-refractivity contribution in [3.63, 3.8) is 0 Å². The van der Waals surface area contributed by atoms with Gasteiger partial charge < -0.3 is 55.7 Å². The Morgan fingerprint density at radius 2 is 0.908 bits per heavy atom. The highest BCUT2D eigenvalue weighted by atomic mass is 79.9. The van der Waals surface area contributed by atoms with E-state index in [-0.39, 0.29) is 43.0 Å². The van der Waals surface area contributed by atoms with E-state index in [1.54, 1.807) is 52.3 Å². The fourth-order valence-corrected chi connectivity index (χ4v) is 15.1. The van der Waals surface area contributed by atoms with Gasteiger partial charge in [-0.1, -0.05) is 71.4 Å². The Morgan fingerprint density at radius 1 is 0.541 bits per heavy atom. The van der Waals surface area contributed by atoms with Crippen LogP contribution in [0.2, 0.25) is 0 Å². The summed E-state index contributed by atoms with van der Waals surface area (Å²) in [7, 11) is 3.47. The number of halogens is 1. The van der Waals surface area contributed by atoms with E-state index >= 15 is 0 Å². The summed E-state index contributed by atoms with van der Waals surface area (Å²) in [6.45, 7) is 15.9. The van der Waals surface area contributed by atoms with Gasteiger partial charge in [0.1, 0.15) is 34.1 Å². The molecule has 2 unspecified atom stereocenters. The van der Waals surface area contributed by atoms with E-state index in [4.69, 9.17) is 72.2 Å². The van der Waals surface area contributed by atoms with Crippen molar-refractivity contribution >= 4 is 69.8 Å². The number of nitrogens with zero attached hydrogens (tertiary/aromatic N) is 9. The zero-order valence-corrected chi connectivity index (χ0v) is 56.4. The maximum absolute atomic E-state index is 13.5. The van der Waals surface area contributed by atoms with E-state index in [0.29, 0.717) is 103 Å². The van der Waals surface area contributed by atoms with E-state index in [1.165, 1.54) is 20.8 Å². The van der Waals surface area contributed by atoms with Crippen LogP contribution in [0.1, 0.15) is 110 Å².